The van der Waals surface area contributed by atoms with Gasteiger partial charge in [0.1, 0.15) is 5.75 Å². The van der Waals surface area contributed by atoms with Crippen LogP contribution in [0.15, 0.2) is 18.2 Å². The summed E-state index contributed by atoms with van der Waals surface area (Å²) in [6, 6.07) is 5.33. The van der Waals surface area contributed by atoms with Crippen molar-refractivity contribution in [1.82, 2.24) is 0 Å². The van der Waals surface area contributed by atoms with Crippen LogP contribution in [-0.2, 0) is 13.0 Å². The Hall–Kier alpha value is -0.670. The van der Waals surface area contributed by atoms with Crippen LogP contribution < -0.4 is 0 Å². The summed E-state index contributed by atoms with van der Waals surface area (Å²) >= 11 is 4.12. The minimum absolute atomic E-state index is 0.111. The maximum Gasteiger partial charge on any atom is 0.121 e. The molecule has 0 bridgehead atoms. The largest absolute Gasteiger partial charge is 0.508 e. The molecule has 0 aliphatic carbocycles. The lowest BCUT2D eigenvalue weighted by molar-refractivity contribution is 0.275. The van der Waals surface area contributed by atoms with Crippen molar-refractivity contribution in [1.29, 1.82) is 0 Å². The normalized spacial score (nSPS) is 10.3. The van der Waals surface area contributed by atoms with Crippen LogP contribution in [0.3, 0.4) is 0 Å². The molecular formula is C10H14O2S. The Balaban J connectivity index is 2.74. The quantitative estimate of drug-likeness (QED) is 0.645. The molecule has 13 heavy (non-hydrogen) atoms. The number of hydrogen-bond acceptors (Lipinski definition) is 3. The highest BCUT2D eigenvalue weighted by atomic mass is 32.1. The highest BCUT2D eigenvalue weighted by molar-refractivity contribution is 7.80. The van der Waals surface area contributed by atoms with Gasteiger partial charge in [-0.3, -0.25) is 0 Å². The van der Waals surface area contributed by atoms with Crippen molar-refractivity contribution in [2.75, 3.05) is 5.75 Å². The molecule has 3 heteroatoms. The zero-order valence-corrected chi connectivity index (χ0v) is 8.30. The average molecular weight is 198 g/mol. The van der Waals surface area contributed by atoms with E-state index in [9.17, 15) is 5.11 Å². The molecule has 1 aromatic rings. The molecule has 72 valence electrons. The number of aromatic hydroxyl groups is 1. The van der Waals surface area contributed by atoms with E-state index in [1.165, 1.54) is 0 Å². The minimum atomic E-state index is -0.111. The molecule has 0 aliphatic heterocycles. The Morgan fingerprint density at radius 3 is 2.69 bits per heavy atom. The van der Waals surface area contributed by atoms with Crippen LogP contribution in [-0.4, -0.2) is 16.0 Å². The predicted octanol–water partition coefficient (Wildman–Crippen LogP) is 1.75. The SMILES string of the molecule is OCc1cc(CCCS)ccc1O. The van der Waals surface area contributed by atoms with Gasteiger partial charge in [0.15, 0.2) is 0 Å². The van der Waals surface area contributed by atoms with Crippen molar-refractivity contribution in [3.05, 3.63) is 29.3 Å². The van der Waals surface area contributed by atoms with E-state index in [1.807, 2.05) is 12.1 Å². The van der Waals surface area contributed by atoms with E-state index in [1.54, 1.807) is 6.07 Å². The molecule has 0 amide bonds. The van der Waals surface area contributed by atoms with Gasteiger partial charge in [-0.1, -0.05) is 6.07 Å². The van der Waals surface area contributed by atoms with Gasteiger partial charge in [-0.05, 0) is 36.3 Å². The van der Waals surface area contributed by atoms with Crippen LogP contribution >= 0.6 is 12.6 Å². The van der Waals surface area contributed by atoms with Gasteiger partial charge < -0.3 is 10.2 Å². The fourth-order valence-electron chi connectivity index (χ4n) is 1.20. The van der Waals surface area contributed by atoms with Crippen molar-refractivity contribution >= 4 is 12.6 Å². The molecule has 0 fully saturated rings. The number of benzene rings is 1. The van der Waals surface area contributed by atoms with Crippen LogP contribution in [0, 0.1) is 0 Å². The molecule has 0 atom stereocenters. The van der Waals surface area contributed by atoms with Gasteiger partial charge in [0.25, 0.3) is 0 Å². The fraction of sp³-hybridized carbons (Fsp3) is 0.400. The van der Waals surface area contributed by atoms with Gasteiger partial charge in [0.2, 0.25) is 0 Å². The first-order valence-electron chi connectivity index (χ1n) is 4.30. The number of phenols is 1. The molecular weight excluding hydrogens is 184 g/mol. The summed E-state index contributed by atoms with van der Waals surface area (Å²) in [4.78, 5) is 0. The van der Waals surface area contributed by atoms with Crippen molar-refractivity contribution in [2.45, 2.75) is 19.4 Å². The van der Waals surface area contributed by atoms with E-state index in [0.29, 0.717) is 5.56 Å². The molecule has 0 saturated heterocycles. The molecule has 0 radical (unpaired) electrons. The molecule has 2 nitrogen and oxygen atoms in total. The van der Waals surface area contributed by atoms with E-state index in [4.69, 9.17) is 5.11 Å². The van der Waals surface area contributed by atoms with Crippen molar-refractivity contribution in [3.8, 4) is 5.75 Å². The summed E-state index contributed by atoms with van der Waals surface area (Å²) in [6.07, 6.45) is 1.95. The zero-order valence-electron chi connectivity index (χ0n) is 7.40. The van der Waals surface area contributed by atoms with Gasteiger partial charge in [-0.2, -0.15) is 12.6 Å². The predicted molar refractivity (Wildman–Crippen MR) is 56.2 cm³/mol. The third-order valence-corrected chi connectivity index (χ3v) is 2.25. The lowest BCUT2D eigenvalue weighted by Gasteiger charge is -2.04. The van der Waals surface area contributed by atoms with Crippen LogP contribution in [0.2, 0.25) is 0 Å². The number of aliphatic hydroxyl groups is 1. The highest BCUT2D eigenvalue weighted by Gasteiger charge is 2.00. The van der Waals surface area contributed by atoms with Crippen molar-refractivity contribution < 1.29 is 10.2 Å². The maximum absolute atomic E-state index is 9.29. The molecule has 1 aromatic carbocycles. The Bertz CT molecular complexity index is 274. The molecule has 0 unspecified atom stereocenters. The third-order valence-electron chi connectivity index (χ3n) is 1.94. The summed E-state index contributed by atoms with van der Waals surface area (Å²) in [5.74, 6) is 1.02. The fourth-order valence-corrected chi connectivity index (χ4v) is 1.36. The lowest BCUT2D eigenvalue weighted by Crippen LogP contribution is -1.90. The van der Waals surface area contributed by atoms with Crippen molar-refractivity contribution in [3.63, 3.8) is 0 Å². The van der Waals surface area contributed by atoms with E-state index < -0.39 is 0 Å². The molecule has 2 N–H and O–H groups in total. The second kappa shape index (κ2) is 5.14. The second-order valence-electron chi connectivity index (χ2n) is 2.95. The molecule has 0 heterocycles. The zero-order chi connectivity index (χ0) is 9.68. The Kier molecular flexibility index (Phi) is 4.12. The first-order chi connectivity index (χ1) is 6.27. The van der Waals surface area contributed by atoms with E-state index in [-0.39, 0.29) is 12.4 Å². The number of aryl methyl sites for hydroxylation is 1. The first-order valence-corrected chi connectivity index (χ1v) is 4.93. The average Bonchev–Trinajstić information content (AvgIpc) is 2.16. The summed E-state index contributed by atoms with van der Waals surface area (Å²) in [6.45, 7) is -0.111. The van der Waals surface area contributed by atoms with E-state index in [0.717, 1.165) is 24.2 Å². The van der Waals surface area contributed by atoms with Gasteiger partial charge in [-0.15, -0.1) is 0 Å². The van der Waals surface area contributed by atoms with Crippen LogP contribution in [0.4, 0.5) is 0 Å². The topological polar surface area (TPSA) is 40.5 Å². The summed E-state index contributed by atoms with van der Waals surface area (Å²) in [5.41, 5.74) is 1.73. The number of thiol groups is 1. The number of hydrogen-bond donors (Lipinski definition) is 3. The molecule has 0 aromatic heterocycles. The smallest absolute Gasteiger partial charge is 0.121 e. The van der Waals surface area contributed by atoms with Gasteiger partial charge in [0.05, 0.1) is 6.61 Å². The number of aliphatic hydroxyl groups excluding tert-OH is 1. The Morgan fingerprint density at radius 2 is 2.08 bits per heavy atom. The molecule has 0 saturated carbocycles. The monoisotopic (exact) mass is 198 g/mol. The molecule has 1 rings (SSSR count). The standard InChI is InChI=1S/C10H14O2S/c11-7-9-6-8(2-1-5-13)3-4-10(9)12/h3-4,6,11-13H,1-2,5,7H2. The third kappa shape index (κ3) is 2.94. The van der Waals surface area contributed by atoms with Gasteiger partial charge in [0, 0.05) is 5.56 Å². The van der Waals surface area contributed by atoms with Crippen molar-refractivity contribution in [2.24, 2.45) is 0 Å². The second-order valence-corrected chi connectivity index (χ2v) is 3.40. The summed E-state index contributed by atoms with van der Waals surface area (Å²) in [7, 11) is 0. The molecule has 0 spiro atoms. The molecule has 0 aliphatic rings. The summed E-state index contributed by atoms with van der Waals surface area (Å²) < 4.78 is 0. The van der Waals surface area contributed by atoms with E-state index in [2.05, 4.69) is 12.6 Å². The maximum atomic E-state index is 9.29. The number of rotatable bonds is 4. The summed E-state index contributed by atoms with van der Waals surface area (Å²) in [5, 5.41) is 18.2. The van der Waals surface area contributed by atoms with Crippen LogP contribution in [0.1, 0.15) is 17.5 Å². The van der Waals surface area contributed by atoms with Gasteiger partial charge in [-0.25, -0.2) is 0 Å². The van der Waals surface area contributed by atoms with Crippen LogP contribution in [0.25, 0.3) is 0 Å². The Morgan fingerprint density at radius 1 is 1.31 bits per heavy atom. The minimum Gasteiger partial charge on any atom is -0.508 e. The Labute approximate surface area is 83.6 Å². The van der Waals surface area contributed by atoms with E-state index >= 15 is 0 Å². The lowest BCUT2D eigenvalue weighted by atomic mass is 10.1. The van der Waals surface area contributed by atoms with Gasteiger partial charge >= 0.3 is 0 Å². The highest BCUT2D eigenvalue weighted by Crippen LogP contribution is 2.19. The van der Waals surface area contributed by atoms with Crippen LogP contribution in [0.5, 0.6) is 5.75 Å². The first kappa shape index (κ1) is 10.4.